The standard InChI is InChI=1S/C11H16BrNO2S/c1-3-8(11(14)15-2)6-13-7-9-4-5-10(12)16-9/h4-5,8,13H,3,6-7H2,1-2H3. The number of carbonyl (C=O) groups excluding carboxylic acids is 1. The highest BCUT2D eigenvalue weighted by Crippen LogP contribution is 2.21. The Bertz CT molecular complexity index is 340. The Labute approximate surface area is 108 Å². The third-order valence-corrected chi connectivity index (χ3v) is 3.97. The molecule has 90 valence electrons. The summed E-state index contributed by atoms with van der Waals surface area (Å²) in [7, 11) is 1.43. The van der Waals surface area contributed by atoms with Crippen molar-refractivity contribution in [3.63, 3.8) is 0 Å². The molecule has 0 saturated heterocycles. The average molecular weight is 306 g/mol. The highest BCUT2D eigenvalue weighted by Gasteiger charge is 2.15. The summed E-state index contributed by atoms with van der Waals surface area (Å²) < 4.78 is 5.86. The highest BCUT2D eigenvalue weighted by atomic mass is 79.9. The summed E-state index contributed by atoms with van der Waals surface area (Å²) in [5, 5.41) is 3.27. The zero-order valence-electron chi connectivity index (χ0n) is 9.46. The molecule has 0 aliphatic heterocycles. The molecule has 0 spiro atoms. The number of nitrogens with one attached hydrogen (secondary N) is 1. The van der Waals surface area contributed by atoms with Crippen molar-refractivity contribution < 1.29 is 9.53 Å². The maximum absolute atomic E-state index is 11.3. The number of halogens is 1. The van der Waals surface area contributed by atoms with Crippen LogP contribution in [0.1, 0.15) is 18.2 Å². The summed E-state index contributed by atoms with van der Waals surface area (Å²) in [6.45, 7) is 3.45. The number of thiophene rings is 1. The minimum absolute atomic E-state index is 0.0478. The molecule has 0 aliphatic rings. The summed E-state index contributed by atoms with van der Waals surface area (Å²) in [5.74, 6) is -0.184. The van der Waals surface area contributed by atoms with Gasteiger partial charge in [0.05, 0.1) is 16.8 Å². The van der Waals surface area contributed by atoms with Gasteiger partial charge in [-0.15, -0.1) is 11.3 Å². The van der Waals surface area contributed by atoms with Gasteiger partial charge >= 0.3 is 5.97 Å². The van der Waals surface area contributed by atoms with Gasteiger partial charge in [-0.2, -0.15) is 0 Å². The third kappa shape index (κ3) is 4.23. The van der Waals surface area contributed by atoms with Gasteiger partial charge in [0, 0.05) is 18.0 Å². The Morgan fingerprint density at radius 1 is 1.62 bits per heavy atom. The largest absolute Gasteiger partial charge is 0.469 e. The summed E-state index contributed by atoms with van der Waals surface area (Å²) in [6.07, 6.45) is 0.799. The lowest BCUT2D eigenvalue weighted by atomic mass is 10.1. The van der Waals surface area contributed by atoms with Gasteiger partial charge in [-0.3, -0.25) is 4.79 Å². The molecule has 1 rings (SSSR count). The van der Waals surface area contributed by atoms with Gasteiger partial charge in [0.1, 0.15) is 0 Å². The molecule has 0 radical (unpaired) electrons. The highest BCUT2D eigenvalue weighted by molar-refractivity contribution is 9.11. The zero-order valence-corrected chi connectivity index (χ0v) is 11.9. The van der Waals surface area contributed by atoms with Crippen LogP contribution in [0.25, 0.3) is 0 Å². The molecule has 0 fully saturated rings. The van der Waals surface area contributed by atoms with Gasteiger partial charge in [-0.05, 0) is 34.5 Å². The Hall–Kier alpha value is -0.390. The summed E-state index contributed by atoms with van der Waals surface area (Å²) in [5.41, 5.74) is 0. The van der Waals surface area contributed by atoms with Gasteiger partial charge in [0.2, 0.25) is 0 Å². The SMILES string of the molecule is CCC(CNCc1ccc(Br)s1)C(=O)OC. The number of rotatable bonds is 6. The normalized spacial score (nSPS) is 12.4. The molecule has 0 aliphatic carbocycles. The molecule has 0 aromatic carbocycles. The van der Waals surface area contributed by atoms with E-state index in [0.29, 0.717) is 6.54 Å². The van der Waals surface area contributed by atoms with Crippen LogP contribution in [0.5, 0.6) is 0 Å². The summed E-state index contributed by atoms with van der Waals surface area (Å²) in [4.78, 5) is 12.6. The van der Waals surface area contributed by atoms with E-state index in [4.69, 9.17) is 4.74 Å². The Balaban J connectivity index is 2.31. The van der Waals surface area contributed by atoms with Crippen LogP contribution in [0.2, 0.25) is 0 Å². The molecule has 1 atom stereocenters. The van der Waals surface area contributed by atoms with Crippen LogP contribution >= 0.6 is 27.3 Å². The smallest absolute Gasteiger partial charge is 0.309 e. The van der Waals surface area contributed by atoms with Gasteiger partial charge in [0.25, 0.3) is 0 Å². The first-order valence-corrected chi connectivity index (χ1v) is 6.81. The predicted molar refractivity (Wildman–Crippen MR) is 69.5 cm³/mol. The molecular formula is C11H16BrNO2S. The van der Waals surface area contributed by atoms with Crippen LogP contribution in [-0.2, 0) is 16.1 Å². The fourth-order valence-corrected chi connectivity index (χ4v) is 2.83. The van der Waals surface area contributed by atoms with Crippen molar-refractivity contribution in [2.75, 3.05) is 13.7 Å². The maximum atomic E-state index is 11.3. The van der Waals surface area contributed by atoms with E-state index in [2.05, 4.69) is 27.3 Å². The van der Waals surface area contributed by atoms with E-state index in [9.17, 15) is 4.79 Å². The van der Waals surface area contributed by atoms with Crippen LogP contribution in [0.3, 0.4) is 0 Å². The van der Waals surface area contributed by atoms with E-state index in [0.717, 1.165) is 16.8 Å². The van der Waals surface area contributed by atoms with E-state index in [1.165, 1.54) is 12.0 Å². The van der Waals surface area contributed by atoms with Gasteiger partial charge in [-0.1, -0.05) is 6.92 Å². The van der Waals surface area contributed by atoms with Crippen molar-refractivity contribution in [1.82, 2.24) is 5.32 Å². The van der Waals surface area contributed by atoms with Crippen molar-refractivity contribution in [2.24, 2.45) is 5.92 Å². The third-order valence-electron chi connectivity index (χ3n) is 2.35. The first kappa shape index (κ1) is 13.7. The molecular weight excluding hydrogens is 290 g/mol. The average Bonchev–Trinajstić information content (AvgIpc) is 2.69. The molecule has 16 heavy (non-hydrogen) atoms. The second-order valence-corrected chi connectivity index (χ2v) is 6.01. The first-order chi connectivity index (χ1) is 7.67. The quantitative estimate of drug-likeness (QED) is 0.821. The van der Waals surface area contributed by atoms with E-state index in [1.807, 2.05) is 13.0 Å². The molecule has 0 saturated carbocycles. The lowest BCUT2D eigenvalue weighted by Crippen LogP contribution is -2.28. The molecule has 1 aromatic rings. The Morgan fingerprint density at radius 3 is 2.88 bits per heavy atom. The first-order valence-electron chi connectivity index (χ1n) is 5.20. The van der Waals surface area contributed by atoms with E-state index in [-0.39, 0.29) is 11.9 Å². The number of carbonyl (C=O) groups is 1. The van der Waals surface area contributed by atoms with Crippen molar-refractivity contribution in [2.45, 2.75) is 19.9 Å². The fraction of sp³-hybridized carbons (Fsp3) is 0.545. The van der Waals surface area contributed by atoms with Crippen molar-refractivity contribution in [1.29, 1.82) is 0 Å². The molecule has 1 N–H and O–H groups in total. The molecule has 1 heterocycles. The van der Waals surface area contributed by atoms with Gasteiger partial charge < -0.3 is 10.1 Å². The summed E-state index contributed by atoms with van der Waals surface area (Å²) >= 11 is 5.12. The van der Waals surface area contributed by atoms with Crippen LogP contribution in [-0.4, -0.2) is 19.6 Å². The van der Waals surface area contributed by atoms with Crippen molar-refractivity contribution in [3.05, 3.63) is 20.8 Å². The van der Waals surface area contributed by atoms with E-state index < -0.39 is 0 Å². The van der Waals surface area contributed by atoms with E-state index >= 15 is 0 Å². The van der Waals surface area contributed by atoms with E-state index in [1.54, 1.807) is 11.3 Å². The molecule has 5 heteroatoms. The minimum atomic E-state index is -0.137. The van der Waals surface area contributed by atoms with Crippen LogP contribution < -0.4 is 5.32 Å². The van der Waals surface area contributed by atoms with Gasteiger partial charge in [-0.25, -0.2) is 0 Å². The number of hydrogen-bond donors (Lipinski definition) is 1. The topological polar surface area (TPSA) is 38.3 Å². The fourth-order valence-electron chi connectivity index (χ4n) is 1.38. The Morgan fingerprint density at radius 2 is 2.38 bits per heavy atom. The second-order valence-electron chi connectivity index (χ2n) is 3.47. The second kappa shape index (κ2) is 7.04. The predicted octanol–water partition coefficient (Wildman–Crippen LogP) is 2.80. The van der Waals surface area contributed by atoms with Crippen LogP contribution in [0, 0.1) is 5.92 Å². The molecule has 1 aromatic heterocycles. The maximum Gasteiger partial charge on any atom is 0.309 e. The monoisotopic (exact) mass is 305 g/mol. The lowest BCUT2D eigenvalue weighted by Gasteiger charge is -2.12. The van der Waals surface area contributed by atoms with Gasteiger partial charge in [0.15, 0.2) is 0 Å². The number of methoxy groups -OCH3 is 1. The van der Waals surface area contributed by atoms with Crippen LogP contribution in [0.15, 0.2) is 15.9 Å². The van der Waals surface area contributed by atoms with Crippen molar-refractivity contribution in [3.8, 4) is 0 Å². The molecule has 0 bridgehead atoms. The van der Waals surface area contributed by atoms with Crippen LogP contribution in [0.4, 0.5) is 0 Å². The minimum Gasteiger partial charge on any atom is -0.469 e. The lowest BCUT2D eigenvalue weighted by molar-refractivity contribution is -0.145. The Kier molecular flexibility index (Phi) is 6.01. The zero-order chi connectivity index (χ0) is 12.0. The molecule has 1 unspecified atom stereocenters. The summed E-state index contributed by atoms with van der Waals surface area (Å²) in [6, 6.07) is 4.10. The number of esters is 1. The van der Waals surface area contributed by atoms with Crippen molar-refractivity contribution >= 4 is 33.2 Å². The molecule has 3 nitrogen and oxygen atoms in total. The number of hydrogen-bond acceptors (Lipinski definition) is 4. The number of ether oxygens (including phenoxy) is 1. The molecule has 0 amide bonds.